The number of amides is 1. The van der Waals surface area contributed by atoms with Crippen LogP contribution >= 0.6 is 0 Å². The Labute approximate surface area is 125 Å². The summed E-state index contributed by atoms with van der Waals surface area (Å²) in [5, 5.41) is 12.4. The van der Waals surface area contributed by atoms with Crippen LogP contribution in [0.2, 0.25) is 0 Å². The van der Waals surface area contributed by atoms with E-state index in [-0.39, 0.29) is 18.6 Å². The van der Waals surface area contributed by atoms with Gasteiger partial charge in [-0.05, 0) is 37.5 Å². The Morgan fingerprint density at radius 2 is 1.86 bits per heavy atom. The van der Waals surface area contributed by atoms with Gasteiger partial charge in [0.25, 0.3) is 5.91 Å². The molecule has 0 aliphatic heterocycles. The maximum atomic E-state index is 12.4. The van der Waals surface area contributed by atoms with E-state index in [9.17, 15) is 9.90 Å². The number of aryl methyl sites for hydroxylation is 2. The highest BCUT2D eigenvalue weighted by Gasteiger charge is 2.15. The molecule has 3 heteroatoms. The Hall–Kier alpha value is -2.13. The molecule has 0 spiro atoms. The van der Waals surface area contributed by atoms with E-state index >= 15 is 0 Å². The molecule has 2 N–H and O–H groups in total. The van der Waals surface area contributed by atoms with E-state index in [1.54, 1.807) is 0 Å². The van der Waals surface area contributed by atoms with E-state index < -0.39 is 0 Å². The first-order valence-corrected chi connectivity index (χ1v) is 7.13. The van der Waals surface area contributed by atoms with Gasteiger partial charge in [0.05, 0.1) is 12.6 Å². The van der Waals surface area contributed by atoms with Crippen LogP contribution < -0.4 is 5.32 Å². The number of carbonyl (C=O) groups is 1. The molecule has 1 amide bonds. The van der Waals surface area contributed by atoms with Gasteiger partial charge in [0.2, 0.25) is 0 Å². The van der Waals surface area contributed by atoms with E-state index in [1.165, 1.54) is 0 Å². The van der Waals surface area contributed by atoms with E-state index in [1.807, 2.05) is 62.4 Å². The van der Waals surface area contributed by atoms with Crippen molar-refractivity contribution >= 4 is 5.91 Å². The normalized spacial score (nSPS) is 12.0. The fourth-order valence-corrected chi connectivity index (χ4v) is 2.30. The summed E-state index contributed by atoms with van der Waals surface area (Å²) >= 11 is 0. The van der Waals surface area contributed by atoms with E-state index in [4.69, 9.17) is 0 Å². The summed E-state index contributed by atoms with van der Waals surface area (Å²) in [6, 6.07) is 15.4. The molecule has 21 heavy (non-hydrogen) atoms. The second-order valence-corrected chi connectivity index (χ2v) is 5.36. The Balaban J connectivity index is 2.07. The zero-order valence-corrected chi connectivity index (χ0v) is 12.5. The predicted molar refractivity (Wildman–Crippen MR) is 84.4 cm³/mol. The summed E-state index contributed by atoms with van der Waals surface area (Å²) in [6.45, 7) is 3.80. The molecule has 0 unspecified atom stereocenters. The topological polar surface area (TPSA) is 49.3 Å². The number of carbonyl (C=O) groups excluding carboxylic acids is 1. The van der Waals surface area contributed by atoms with Gasteiger partial charge in [0.1, 0.15) is 0 Å². The van der Waals surface area contributed by atoms with Crippen molar-refractivity contribution in [2.24, 2.45) is 0 Å². The average molecular weight is 283 g/mol. The molecular weight excluding hydrogens is 262 g/mol. The molecule has 110 valence electrons. The highest BCUT2D eigenvalue weighted by molar-refractivity contribution is 5.96. The number of hydrogen-bond acceptors (Lipinski definition) is 2. The zero-order chi connectivity index (χ0) is 15.2. The fourth-order valence-electron chi connectivity index (χ4n) is 2.30. The van der Waals surface area contributed by atoms with E-state index in [0.717, 1.165) is 16.7 Å². The van der Waals surface area contributed by atoms with Gasteiger partial charge in [-0.15, -0.1) is 0 Å². The minimum Gasteiger partial charge on any atom is -0.394 e. The van der Waals surface area contributed by atoms with Gasteiger partial charge in [-0.25, -0.2) is 0 Å². The van der Waals surface area contributed by atoms with E-state index in [0.29, 0.717) is 12.0 Å². The Kier molecular flexibility index (Phi) is 5.12. The number of nitrogens with one attached hydrogen (secondary N) is 1. The molecule has 0 heterocycles. The van der Waals surface area contributed by atoms with Gasteiger partial charge in [0.15, 0.2) is 0 Å². The van der Waals surface area contributed by atoms with Crippen molar-refractivity contribution in [3.05, 3.63) is 70.8 Å². The van der Waals surface area contributed by atoms with Crippen LogP contribution in [0.15, 0.2) is 48.5 Å². The maximum Gasteiger partial charge on any atom is 0.251 e. The summed E-state index contributed by atoms with van der Waals surface area (Å²) in [5.41, 5.74) is 3.75. The lowest BCUT2D eigenvalue weighted by atomic mass is 10.0. The lowest BCUT2D eigenvalue weighted by Crippen LogP contribution is -2.39. The smallest absolute Gasteiger partial charge is 0.251 e. The molecule has 0 saturated heterocycles. The third kappa shape index (κ3) is 4.17. The first-order chi connectivity index (χ1) is 10.1. The zero-order valence-electron chi connectivity index (χ0n) is 12.5. The molecule has 0 saturated carbocycles. The fraction of sp³-hybridized carbons (Fsp3) is 0.278. The van der Waals surface area contributed by atoms with Crippen molar-refractivity contribution in [1.82, 2.24) is 5.32 Å². The summed E-state index contributed by atoms with van der Waals surface area (Å²) in [5.74, 6) is -0.133. The van der Waals surface area contributed by atoms with Crippen molar-refractivity contribution in [3.63, 3.8) is 0 Å². The third-order valence-electron chi connectivity index (χ3n) is 3.52. The minimum atomic E-state index is -0.278. The van der Waals surface area contributed by atoms with E-state index in [2.05, 4.69) is 5.32 Å². The Bertz CT molecular complexity index is 608. The molecule has 2 rings (SSSR count). The van der Waals surface area contributed by atoms with Crippen molar-refractivity contribution in [2.45, 2.75) is 26.3 Å². The molecule has 0 radical (unpaired) electrons. The van der Waals surface area contributed by atoms with Gasteiger partial charge < -0.3 is 10.4 Å². The van der Waals surface area contributed by atoms with Crippen LogP contribution in [0.3, 0.4) is 0 Å². The van der Waals surface area contributed by atoms with Crippen LogP contribution in [-0.4, -0.2) is 23.7 Å². The van der Waals surface area contributed by atoms with Crippen LogP contribution in [0, 0.1) is 13.8 Å². The van der Waals surface area contributed by atoms with Crippen molar-refractivity contribution in [1.29, 1.82) is 0 Å². The highest BCUT2D eigenvalue weighted by Crippen LogP contribution is 2.11. The Morgan fingerprint density at radius 3 is 2.52 bits per heavy atom. The molecule has 0 aliphatic rings. The monoisotopic (exact) mass is 283 g/mol. The van der Waals surface area contributed by atoms with Crippen LogP contribution in [0.25, 0.3) is 0 Å². The van der Waals surface area contributed by atoms with Gasteiger partial charge in [-0.1, -0.05) is 48.0 Å². The molecule has 0 fully saturated rings. The molecule has 0 aromatic heterocycles. The van der Waals surface area contributed by atoms with Gasteiger partial charge in [0, 0.05) is 5.56 Å². The van der Waals surface area contributed by atoms with Crippen LogP contribution in [0.4, 0.5) is 0 Å². The van der Waals surface area contributed by atoms with Gasteiger partial charge >= 0.3 is 0 Å². The number of aliphatic hydroxyl groups excluding tert-OH is 1. The average Bonchev–Trinajstić information content (AvgIpc) is 2.50. The second kappa shape index (κ2) is 7.04. The number of rotatable bonds is 5. The number of benzene rings is 2. The lowest BCUT2D eigenvalue weighted by Gasteiger charge is -2.17. The summed E-state index contributed by atoms with van der Waals surface area (Å²) in [4.78, 5) is 12.4. The first kappa shape index (κ1) is 15.3. The standard InChI is InChI=1S/C18H21NO2/c1-13-8-9-14(2)17(10-13)18(21)19-16(12-20)11-15-6-4-3-5-7-15/h3-10,16,20H,11-12H2,1-2H3,(H,19,21)/t16-/m1/s1. The molecule has 1 atom stereocenters. The van der Waals surface area contributed by atoms with Crippen LogP contribution in [0.5, 0.6) is 0 Å². The quantitative estimate of drug-likeness (QED) is 0.886. The van der Waals surface area contributed by atoms with Crippen LogP contribution in [0.1, 0.15) is 27.0 Å². The number of hydrogen-bond donors (Lipinski definition) is 2. The molecule has 3 nitrogen and oxygen atoms in total. The van der Waals surface area contributed by atoms with Gasteiger partial charge in [-0.3, -0.25) is 4.79 Å². The maximum absolute atomic E-state index is 12.4. The van der Waals surface area contributed by atoms with Gasteiger partial charge in [-0.2, -0.15) is 0 Å². The number of aliphatic hydroxyl groups is 1. The first-order valence-electron chi connectivity index (χ1n) is 7.13. The third-order valence-corrected chi connectivity index (χ3v) is 3.52. The predicted octanol–water partition coefficient (Wildman–Crippen LogP) is 2.64. The summed E-state index contributed by atoms with van der Waals surface area (Å²) in [6.07, 6.45) is 0.619. The lowest BCUT2D eigenvalue weighted by molar-refractivity contribution is 0.0916. The minimum absolute atomic E-state index is 0.0779. The second-order valence-electron chi connectivity index (χ2n) is 5.36. The summed E-state index contributed by atoms with van der Waals surface area (Å²) in [7, 11) is 0. The van der Waals surface area contributed by atoms with Crippen molar-refractivity contribution in [2.75, 3.05) is 6.61 Å². The Morgan fingerprint density at radius 1 is 1.14 bits per heavy atom. The van der Waals surface area contributed by atoms with Crippen molar-refractivity contribution in [3.8, 4) is 0 Å². The summed E-state index contributed by atoms with van der Waals surface area (Å²) < 4.78 is 0. The molecule has 0 bridgehead atoms. The van der Waals surface area contributed by atoms with Crippen molar-refractivity contribution < 1.29 is 9.90 Å². The largest absolute Gasteiger partial charge is 0.394 e. The highest BCUT2D eigenvalue weighted by atomic mass is 16.3. The molecule has 2 aromatic carbocycles. The molecule has 0 aliphatic carbocycles. The SMILES string of the molecule is Cc1ccc(C)c(C(=O)N[C@@H](CO)Cc2ccccc2)c1. The van der Waals surface area contributed by atoms with Crippen LogP contribution in [-0.2, 0) is 6.42 Å². The molecule has 2 aromatic rings. The molecular formula is C18H21NO2.